The highest BCUT2D eigenvalue weighted by molar-refractivity contribution is 7.66. The molecule has 0 aromatic rings. The van der Waals surface area contributed by atoms with E-state index in [1.165, 1.54) is 0 Å². The SMILES string of the molecule is C#CCC(CC)[S+]=O. The fraction of sp³-hybridized carbons (Fsp3) is 0.667. The maximum atomic E-state index is 10.1. The zero-order chi connectivity index (χ0) is 6.41. The molecule has 1 unspecified atom stereocenters. The molecule has 0 rings (SSSR count). The molecule has 0 bridgehead atoms. The molecule has 0 aromatic heterocycles. The van der Waals surface area contributed by atoms with Gasteiger partial charge in [0.15, 0.2) is 0 Å². The average molecular weight is 129 g/mol. The van der Waals surface area contributed by atoms with Gasteiger partial charge in [-0.1, -0.05) is 6.92 Å². The molecule has 44 valence electrons. The molecule has 0 aliphatic carbocycles. The van der Waals surface area contributed by atoms with Crippen LogP contribution in [-0.2, 0) is 15.9 Å². The summed E-state index contributed by atoms with van der Waals surface area (Å²) in [5.74, 6) is 2.45. The molecule has 0 N–H and O–H groups in total. The molecule has 0 heterocycles. The molecule has 0 saturated heterocycles. The van der Waals surface area contributed by atoms with Gasteiger partial charge in [-0.3, -0.25) is 0 Å². The van der Waals surface area contributed by atoms with Crippen LogP contribution in [0.2, 0.25) is 0 Å². The molecule has 0 aliphatic heterocycles. The van der Waals surface area contributed by atoms with Crippen molar-refractivity contribution in [2.75, 3.05) is 0 Å². The fourth-order valence-electron chi connectivity index (χ4n) is 0.378. The number of terminal acetylenes is 1. The van der Waals surface area contributed by atoms with Crippen molar-refractivity contribution in [3.8, 4) is 12.3 Å². The molecule has 0 spiro atoms. The fourth-order valence-corrected chi connectivity index (χ4v) is 0.678. The van der Waals surface area contributed by atoms with Crippen molar-refractivity contribution >= 4 is 11.7 Å². The molecule has 1 atom stereocenters. The summed E-state index contributed by atoms with van der Waals surface area (Å²) < 4.78 is 10.1. The standard InChI is InChI=1S/C6H9OS/c1-3-5-6(4-2)8-7/h1,6H,4-5H2,2H3/q+1. The lowest BCUT2D eigenvalue weighted by atomic mass is 10.2. The highest BCUT2D eigenvalue weighted by Crippen LogP contribution is 1.96. The average Bonchev–Trinajstić information content (AvgIpc) is 1.83. The molecule has 1 nitrogen and oxygen atoms in total. The maximum Gasteiger partial charge on any atom is 0.463 e. The molecule has 0 radical (unpaired) electrons. The predicted octanol–water partition coefficient (Wildman–Crippen LogP) is 1.22. The second-order valence-electron chi connectivity index (χ2n) is 1.53. The predicted molar refractivity (Wildman–Crippen MR) is 35.6 cm³/mol. The van der Waals surface area contributed by atoms with E-state index in [9.17, 15) is 4.21 Å². The summed E-state index contributed by atoms with van der Waals surface area (Å²) in [6.07, 6.45) is 6.45. The van der Waals surface area contributed by atoms with Gasteiger partial charge in [0, 0.05) is 10.6 Å². The van der Waals surface area contributed by atoms with Crippen molar-refractivity contribution in [1.29, 1.82) is 0 Å². The van der Waals surface area contributed by atoms with Gasteiger partial charge < -0.3 is 0 Å². The Morgan fingerprint density at radius 2 is 2.50 bits per heavy atom. The summed E-state index contributed by atoms with van der Waals surface area (Å²) in [5, 5.41) is 0.125. The van der Waals surface area contributed by atoms with E-state index in [-0.39, 0.29) is 5.25 Å². The van der Waals surface area contributed by atoms with Crippen LogP contribution < -0.4 is 0 Å². The van der Waals surface area contributed by atoms with E-state index in [4.69, 9.17) is 6.42 Å². The summed E-state index contributed by atoms with van der Waals surface area (Å²) in [6, 6.07) is 0. The zero-order valence-electron chi connectivity index (χ0n) is 4.89. The van der Waals surface area contributed by atoms with Gasteiger partial charge in [-0.15, -0.1) is 12.3 Å². The minimum atomic E-state index is 0.125. The minimum Gasteiger partial charge on any atom is -0.120 e. The third-order valence-corrected chi connectivity index (χ3v) is 1.71. The molecular weight excluding hydrogens is 120 g/mol. The molecular formula is C6H9OS+. The zero-order valence-corrected chi connectivity index (χ0v) is 5.70. The van der Waals surface area contributed by atoms with Crippen molar-refractivity contribution in [3.63, 3.8) is 0 Å². The lowest BCUT2D eigenvalue weighted by molar-refractivity contribution is 0.596. The Balaban J connectivity index is 3.40. The van der Waals surface area contributed by atoms with Crippen LogP contribution in [0.15, 0.2) is 0 Å². The van der Waals surface area contributed by atoms with Gasteiger partial charge in [0.1, 0.15) is 0 Å². The van der Waals surface area contributed by atoms with Crippen LogP contribution in [0.4, 0.5) is 0 Å². The van der Waals surface area contributed by atoms with Crippen molar-refractivity contribution in [2.45, 2.75) is 25.0 Å². The number of hydrogen-bond donors (Lipinski definition) is 0. The first-order valence-electron chi connectivity index (χ1n) is 2.57. The third kappa shape index (κ3) is 2.70. The Hall–Kier alpha value is -0.420. The highest BCUT2D eigenvalue weighted by Gasteiger charge is 2.15. The van der Waals surface area contributed by atoms with E-state index in [2.05, 4.69) is 5.92 Å². The molecule has 0 amide bonds. The molecule has 8 heavy (non-hydrogen) atoms. The van der Waals surface area contributed by atoms with Crippen LogP contribution in [0.3, 0.4) is 0 Å². The largest absolute Gasteiger partial charge is 0.463 e. The Bertz CT molecular complexity index is 104. The number of hydrogen-bond acceptors (Lipinski definition) is 1. The van der Waals surface area contributed by atoms with Crippen LogP contribution in [0.1, 0.15) is 19.8 Å². The monoisotopic (exact) mass is 129 g/mol. The van der Waals surface area contributed by atoms with Crippen LogP contribution >= 0.6 is 0 Å². The first-order valence-corrected chi connectivity index (χ1v) is 3.37. The van der Waals surface area contributed by atoms with E-state index in [1.54, 1.807) is 0 Å². The molecule has 2 heteroatoms. The third-order valence-electron chi connectivity index (χ3n) is 0.937. The number of rotatable bonds is 3. The van der Waals surface area contributed by atoms with E-state index in [1.807, 2.05) is 6.92 Å². The topological polar surface area (TPSA) is 17.1 Å². The second-order valence-corrected chi connectivity index (χ2v) is 2.39. The van der Waals surface area contributed by atoms with Gasteiger partial charge in [0.25, 0.3) is 0 Å². The lowest BCUT2D eigenvalue weighted by Crippen LogP contribution is -2.00. The van der Waals surface area contributed by atoms with Gasteiger partial charge in [0.05, 0.1) is 6.42 Å². The Morgan fingerprint density at radius 3 is 2.62 bits per heavy atom. The summed E-state index contributed by atoms with van der Waals surface area (Å²) in [5.41, 5.74) is 0. The van der Waals surface area contributed by atoms with Gasteiger partial charge in [-0.05, 0) is 0 Å². The lowest BCUT2D eigenvalue weighted by Gasteiger charge is -1.83. The maximum absolute atomic E-state index is 10.1. The van der Waals surface area contributed by atoms with Crippen LogP contribution in [0.5, 0.6) is 0 Å². The quantitative estimate of drug-likeness (QED) is 0.413. The molecule has 0 aromatic carbocycles. The molecule has 0 fully saturated rings. The second kappa shape index (κ2) is 4.73. The smallest absolute Gasteiger partial charge is 0.120 e. The summed E-state index contributed by atoms with van der Waals surface area (Å²) in [6.45, 7) is 1.97. The van der Waals surface area contributed by atoms with Crippen molar-refractivity contribution in [2.24, 2.45) is 0 Å². The van der Waals surface area contributed by atoms with E-state index in [0.29, 0.717) is 18.1 Å². The van der Waals surface area contributed by atoms with E-state index < -0.39 is 0 Å². The summed E-state index contributed by atoms with van der Waals surface area (Å²) in [4.78, 5) is 0. The minimum absolute atomic E-state index is 0.125. The van der Waals surface area contributed by atoms with Gasteiger partial charge >= 0.3 is 11.7 Å². The summed E-state index contributed by atoms with van der Waals surface area (Å²) in [7, 11) is 0. The van der Waals surface area contributed by atoms with Gasteiger partial charge in [-0.25, -0.2) is 0 Å². The van der Waals surface area contributed by atoms with Crippen LogP contribution in [-0.4, -0.2) is 5.25 Å². The van der Waals surface area contributed by atoms with Crippen molar-refractivity contribution < 1.29 is 4.21 Å². The van der Waals surface area contributed by atoms with Gasteiger partial charge in [-0.2, -0.15) is 0 Å². The Labute approximate surface area is 54.0 Å². The van der Waals surface area contributed by atoms with Gasteiger partial charge in [0.2, 0.25) is 5.25 Å². The van der Waals surface area contributed by atoms with Crippen LogP contribution in [0, 0.1) is 12.3 Å². The van der Waals surface area contributed by atoms with E-state index >= 15 is 0 Å². The molecule has 0 aliphatic rings. The normalized spacial score (nSPS) is 12.0. The van der Waals surface area contributed by atoms with Crippen molar-refractivity contribution in [3.05, 3.63) is 0 Å². The first-order chi connectivity index (χ1) is 3.85. The van der Waals surface area contributed by atoms with E-state index in [0.717, 1.165) is 6.42 Å². The van der Waals surface area contributed by atoms with Crippen molar-refractivity contribution in [1.82, 2.24) is 0 Å². The summed E-state index contributed by atoms with van der Waals surface area (Å²) >= 11 is 0.602. The Morgan fingerprint density at radius 1 is 1.88 bits per heavy atom. The molecule has 0 saturated carbocycles. The highest BCUT2D eigenvalue weighted by atomic mass is 32.1. The van der Waals surface area contributed by atoms with Crippen LogP contribution in [0.25, 0.3) is 0 Å². The first kappa shape index (κ1) is 7.58. The Kier molecular flexibility index (Phi) is 4.48.